The molecule has 1 fully saturated rings. The number of aromatic nitrogens is 2. The first kappa shape index (κ1) is 11.9. The Bertz CT molecular complexity index is 339. The van der Waals surface area contributed by atoms with Gasteiger partial charge in [-0.1, -0.05) is 25.9 Å². The van der Waals surface area contributed by atoms with Crippen LogP contribution in [0.2, 0.25) is 0 Å². The van der Waals surface area contributed by atoms with Crippen molar-refractivity contribution in [3.63, 3.8) is 0 Å². The summed E-state index contributed by atoms with van der Waals surface area (Å²) in [4.78, 5) is 4.43. The molecule has 1 aliphatic heterocycles. The maximum atomic E-state index is 5.28. The Hall–Kier alpha value is -0.550. The summed E-state index contributed by atoms with van der Waals surface area (Å²) in [5, 5.41) is 7.37. The van der Waals surface area contributed by atoms with Gasteiger partial charge in [0.25, 0.3) is 0 Å². The van der Waals surface area contributed by atoms with Crippen molar-refractivity contribution in [2.24, 2.45) is 0 Å². The Labute approximate surface area is 101 Å². The molecule has 16 heavy (non-hydrogen) atoms. The van der Waals surface area contributed by atoms with Crippen molar-refractivity contribution in [2.75, 3.05) is 6.54 Å². The molecule has 0 aromatic carbocycles. The number of hydrogen-bond acceptors (Lipinski definition) is 5. The van der Waals surface area contributed by atoms with Crippen LogP contribution in [0, 0.1) is 0 Å². The first-order valence-electron chi connectivity index (χ1n) is 5.74. The second kappa shape index (κ2) is 4.75. The van der Waals surface area contributed by atoms with E-state index >= 15 is 0 Å². The zero-order valence-electron chi connectivity index (χ0n) is 10.1. The van der Waals surface area contributed by atoms with Gasteiger partial charge in [0.15, 0.2) is 5.82 Å². The summed E-state index contributed by atoms with van der Waals surface area (Å²) in [5.74, 6) is 2.38. The van der Waals surface area contributed by atoms with E-state index in [0.717, 1.165) is 30.4 Å². The molecular formula is C11H19N3OS. The highest BCUT2D eigenvalue weighted by Gasteiger charge is 2.22. The minimum Gasteiger partial charge on any atom is -0.338 e. The van der Waals surface area contributed by atoms with Gasteiger partial charge >= 0.3 is 0 Å². The number of rotatable bonds is 3. The summed E-state index contributed by atoms with van der Waals surface area (Å²) in [5.41, 5.74) is 0. The van der Waals surface area contributed by atoms with Crippen LogP contribution in [0.5, 0.6) is 0 Å². The van der Waals surface area contributed by atoms with Crippen LogP contribution in [-0.2, 0) is 5.75 Å². The van der Waals surface area contributed by atoms with Crippen molar-refractivity contribution in [3.05, 3.63) is 11.7 Å². The van der Waals surface area contributed by atoms with E-state index in [-0.39, 0.29) is 10.8 Å². The molecule has 2 heterocycles. The van der Waals surface area contributed by atoms with Crippen molar-refractivity contribution < 1.29 is 4.52 Å². The predicted octanol–water partition coefficient (Wildman–Crippen LogP) is 2.53. The monoisotopic (exact) mass is 241 g/mol. The molecule has 1 aliphatic rings. The van der Waals surface area contributed by atoms with Crippen molar-refractivity contribution in [3.8, 4) is 0 Å². The third-order valence-corrected chi connectivity index (χ3v) is 3.75. The summed E-state index contributed by atoms with van der Waals surface area (Å²) in [6, 6.07) is 0.279. The molecule has 2 rings (SSSR count). The Balaban J connectivity index is 1.91. The molecular weight excluding hydrogens is 222 g/mol. The molecule has 4 nitrogen and oxygen atoms in total. The molecule has 0 aliphatic carbocycles. The van der Waals surface area contributed by atoms with Gasteiger partial charge in [0.2, 0.25) is 5.89 Å². The maximum absolute atomic E-state index is 5.28. The lowest BCUT2D eigenvalue weighted by molar-refractivity contribution is 0.342. The lowest BCUT2D eigenvalue weighted by atomic mass is 10.2. The van der Waals surface area contributed by atoms with Gasteiger partial charge in [-0.25, -0.2) is 0 Å². The number of nitrogens with one attached hydrogen (secondary N) is 1. The molecule has 1 aromatic rings. The smallest absolute Gasteiger partial charge is 0.243 e. The molecule has 1 aromatic heterocycles. The predicted molar refractivity (Wildman–Crippen MR) is 65.3 cm³/mol. The molecule has 1 saturated heterocycles. The van der Waals surface area contributed by atoms with Crippen LogP contribution >= 0.6 is 11.8 Å². The standard InChI is InChI=1S/C11H19N3OS/c1-11(2,3)16-7-9-13-10(15-14-9)8-5-4-6-12-8/h8,12H,4-7H2,1-3H3. The fourth-order valence-corrected chi connectivity index (χ4v) is 2.32. The zero-order chi connectivity index (χ0) is 11.6. The highest BCUT2D eigenvalue weighted by molar-refractivity contribution is 7.99. The van der Waals surface area contributed by atoms with Gasteiger partial charge in [0.1, 0.15) is 0 Å². The average molecular weight is 241 g/mol. The maximum Gasteiger partial charge on any atom is 0.243 e. The molecule has 1 atom stereocenters. The summed E-state index contributed by atoms with van der Waals surface area (Å²) in [6.07, 6.45) is 2.30. The average Bonchev–Trinajstić information content (AvgIpc) is 2.84. The molecule has 0 amide bonds. The van der Waals surface area contributed by atoms with E-state index in [0.29, 0.717) is 0 Å². The summed E-state index contributed by atoms with van der Waals surface area (Å²) < 4.78 is 5.52. The SMILES string of the molecule is CC(C)(C)SCc1noc(C2CCCN2)n1. The number of thioether (sulfide) groups is 1. The van der Waals surface area contributed by atoms with Gasteiger partial charge in [-0.2, -0.15) is 4.98 Å². The third-order valence-electron chi connectivity index (χ3n) is 2.48. The molecule has 0 radical (unpaired) electrons. The number of nitrogens with zero attached hydrogens (tertiary/aromatic N) is 2. The summed E-state index contributed by atoms with van der Waals surface area (Å²) in [7, 11) is 0. The van der Waals surface area contributed by atoms with Gasteiger partial charge in [0.05, 0.1) is 11.8 Å². The highest BCUT2D eigenvalue weighted by atomic mass is 32.2. The quantitative estimate of drug-likeness (QED) is 0.881. The lowest BCUT2D eigenvalue weighted by Crippen LogP contribution is -2.13. The Morgan fingerprint density at radius 1 is 1.50 bits per heavy atom. The lowest BCUT2D eigenvalue weighted by Gasteiger charge is -2.15. The van der Waals surface area contributed by atoms with Crippen molar-refractivity contribution in [1.82, 2.24) is 15.5 Å². The minimum absolute atomic E-state index is 0.242. The number of hydrogen-bond donors (Lipinski definition) is 1. The van der Waals surface area contributed by atoms with Gasteiger partial charge in [0, 0.05) is 4.75 Å². The zero-order valence-corrected chi connectivity index (χ0v) is 10.9. The van der Waals surface area contributed by atoms with E-state index in [1.54, 1.807) is 0 Å². The summed E-state index contributed by atoms with van der Waals surface area (Å²) >= 11 is 1.84. The van der Waals surface area contributed by atoms with E-state index in [1.807, 2.05) is 11.8 Å². The normalized spacial score (nSPS) is 21.6. The van der Waals surface area contributed by atoms with E-state index in [2.05, 4.69) is 36.2 Å². The fraction of sp³-hybridized carbons (Fsp3) is 0.818. The molecule has 5 heteroatoms. The van der Waals surface area contributed by atoms with Gasteiger partial charge < -0.3 is 9.84 Å². The van der Waals surface area contributed by atoms with E-state index < -0.39 is 0 Å². The molecule has 0 bridgehead atoms. The van der Waals surface area contributed by atoms with Crippen molar-refractivity contribution in [2.45, 2.75) is 50.2 Å². The van der Waals surface area contributed by atoms with Crippen LogP contribution in [0.3, 0.4) is 0 Å². The van der Waals surface area contributed by atoms with Crippen LogP contribution in [0.15, 0.2) is 4.52 Å². The van der Waals surface area contributed by atoms with E-state index in [9.17, 15) is 0 Å². The second-order valence-corrected chi connectivity index (χ2v) is 6.90. The molecule has 0 saturated carbocycles. The first-order valence-corrected chi connectivity index (χ1v) is 6.73. The third kappa shape index (κ3) is 3.22. The molecule has 1 N–H and O–H groups in total. The van der Waals surface area contributed by atoms with Crippen LogP contribution in [0.1, 0.15) is 51.4 Å². The Kier molecular flexibility index (Phi) is 3.54. The second-order valence-electron chi connectivity index (χ2n) is 5.10. The Morgan fingerprint density at radius 2 is 2.31 bits per heavy atom. The van der Waals surface area contributed by atoms with E-state index in [1.165, 1.54) is 6.42 Å². The van der Waals surface area contributed by atoms with Gasteiger partial charge in [-0.15, -0.1) is 11.8 Å². The summed E-state index contributed by atoms with van der Waals surface area (Å²) in [6.45, 7) is 7.63. The molecule has 90 valence electrons. The first-order chi connectivity index (χ1) is 7.54. The fourth-order valence-electron chi connectivity index (χ4n) is 1.64. The molecule has 1 unspecified atom stereocenters. The largest absolute Gasteiger partial charge is 0.338 e. The van der Waals surface area contributed by atoms with Gasteiger partial charge in [-0.3, -0.25) is 0 Å². The van der Waals surface area contributed by atoms with Crippen LogP contribution in [-0.4, -0.2) is 21.4 Å². The van der Waals surface area contributed by atoms with Crippen molar-refractivity contribution >= 4 is 11.8 Å². The van der Waals surface area contributed by atoms with Crippen LogP contribution < -0.4 is 5.32 Å². The minimum atomic E-state index is 0.242. The Morgan fingerprint density at radius 3 is 2.94 bits per heavy atom. The van der Waals surface area contributed by atoms with Crippen LogP contribution in [0.25, 0.3) is 0 Å². The topological polar surface area (TPSA) is 51.0 Å². The van der Waals surface area contributed by atoms with Crippen LogP contribution in [0.4, 0.5) is 0 Å². The van der Waals surface area contributed by atoms with Crippen molar-refractivity contribution in [1.29, 1.82) is 0 Å². The highest BCUT2D eigenvalue weighted by Crippen LogP contribution is 2.27. The van der Waals surface area contributed by atoms with E-state index in [4.69, 9.17) is 4.52 Å². The molecule has 0 spiro atoms. The van der Waals surface area contributed by atoms with Gasteiger partial charge in [-0.05, 0) is 19.4 Å².